The zero-order valence-electron chi connectivity index (χ0n) is 15.4. The fourth-order valence-electron chi connectivity index (χ4n) is 3.12. The van der Waals surface area contributed by atoms with Gasteiger partial charge >= 0.3 is 0 Å². The van der Waals surface area contributed by atoms with E-state index >= 15 is 0 Å². The minimum Gasteiger partial charge on any atom is -0.493 e. The summed E-state index contributed by atoms with van der Waals surface area (Å²) in [5.74, 6) is 1.96. The van der Waals surface area contributed by atoms with E-state index in [1.54, 1.807) is 12.1 Å². The van der Waals surface area contributed by atoms with Crippen LogP contribution in [0.4, 0.5) is 0 Å². The average molecular weight is 357 g/mol. The predicted molar refractivity (Wildman–Crippen MR) is 97.6 cm³/mol. The number of methoxy groups -OCH3 is 3. The first kappa shape index (κ1) is 17.9. The Bertz CT molecular complexity index is 793. The number of amides is 1. The van der Waals surface area contributed by atoms with Crippen LogP contribution in [0.1, 0.15) is 33.9 Å². The number of rotatable bonds is 5. The summed E-state index contributed by atoms with van der Waals surface area (Å²) in [6.07, 6.45) is 0.715. The van der Waals surface area contributed by atoms with Crippen molar-refractivity contribution in [3.05, 3.63) is 47.0 Å². The molecule has 3 rings (SSSR count). The maximum atomic E-state index is 12.8. The van der Waals surface area contributed by atoms with Gasteiger partial charge in [0.2, 0.25) is 5.75 Å². The fourth-order valence-corrected chi connectivity index (χ4v) is 3.12. The topological polar surface area (TPSA) is 66.0 Å². The van der Waals surface area contributed by atoms with Crippen molar-refractivity contribution < 1.29 is 23.7 Å². The van der Waals surface area contributed by atoms with Crippen LogP contribution in [0.2, 0.25) is 0 Å². The number of hydrogen-bond donors (Lipinski definition) is 1. The lowest BCUT2D eigenvalue weighted by atomic mass is 9.98. The third-order valence-corrected chi connectivity index (χ3v) is 4.44. The van der Waals surface area contributed by atoms with Gasteiger partial charge in [-0.1, -0.05) is 17.7 Å². The predicted octanol–water partition coefficient (Wildman–Crippen LogP) is 3.27. The molecule has 0 saturated heterocycles. The van der Waals surface area contributed by atoms with Crippen LogP contribution in [0.15, 0.2) is 30.3 Å². The molecule has 26 heavy (non-hydrogen) atoms. The standard InChI is InChI=1S/C20H23NO5/c1-12-5-6-16-14(9-12)15(7-8-26-16)21-20(22)13-10-17(23-2)19(25-4)18(11-13)24-3/h5-6,9-11,15H,7-8H2,1-4H3,(H,21,22). The molecule has 2 aromatic carbocycles. The second-order valence-corrected chi connectivity index (χ2v) is 6.12. The highest BCUT2D eigenvalue weighted by Crippen LogP contribution is 2.38. The Morgan fingerprint density at radius 1 is 1.08 bits per heavy atom. The van der Waals surface area contributed by atoms with Crippen molar-refractivity contribution in [3.63, 3.8) is 0 Å². The molecule has 1 aliphatic rings. The molecule has 0 spiro atoms. The third-order valence-electron chi connectivity index (χ3n) is 4.44. The van der Waals surface area contributed by atoms with Crippen molar-refractivity contribution in [3.8, 4) is 23.0 Å². The molecule has 1 heterocycles. The van der Waals surface area contributed by atoms with Crippen molar-refractivity contribution in [2.45, 2.75) is 19.4 Å². The zero-order chi connectivity index (χ0) is 18.7. The van der Waals surface area contributed by atoms with Gasteiger partial charge in [0.15, 0.2) is 11.5 Å². The summed E-state index contributed by atoms with van der Waals surface area (Å²) in [7, 11) is 4.58. The number of fused-ring (bicyclic) bond motifs is 1. The van der Waals surface area contributed by atoms with E-state index in [2.05, 4.69) is 11.4 Å². The molecule has 1 N–H and O–H groups in total. The van der Waals surface area contributed by atoms with E-state index in [0.29, 0.717) is 35.8 Å². The van der Waals surface area contributed by atoms with Crippen molar-refractivity contribution in [1.82, 2.24) is 5.32 Å². The molecular formula is C20H23NO5. The van der Waals surface area contributed by atoms with Gasteiger partial charge in [0.1, 0.15) is 5.75 Å². The lowest BCUT2D eigenvalue weighted by Crippen LogP contribution is -2.32. The first-order valence-corrected chi connectivity index (χ1v) is 8.41. The summed E-state index contributed by atoms with van der Waals surface area (Å²) >= 11 is 0. The summed E-state index contributed by atoms with van der Waals surface area (Å²) in [5, 5.41) is 3.09. The molecule has 1 atom stereocenters. The minimum atomic E-state index is -0.205. The van der Waals surface area contributed by atoms with Gasteiger partial charge in [0, 0.05) is 17.5 Å². The number of hydrogen-bond acceptors (Lipinski definition) is 5. The summed E-state index contributed by atoms with van der Waals surface area (Å²) in [6.45, 7) is 2.59. The summed E-state index contributed by atoms with van der Waals surface area (Å²) in [6, 6.07) is 9.19. The Balaban J connectivity index is 1.89. The van der Waals surface area contributed by atoms with Crippen molar-refractivity contribution >= 4 is 5.91 Å². The van der Waals surface area contributed by atoms with Gasteiger partial charge in [-0.3, -0.25) is 4.79 Å². The first-order chi connectivity index (χ1) is 12.6. The highest BCUT2D eigenvalue weighted by molar-refractivity contribution is 5.96. The van der Waals surface area contributed by atoms with Crippen molar-refractivity contribution in [2.75, 3.05) is 27.9 Å². The van der Waals surface area contributed by atoms with Crippen LogP contribution in [-0.2, 0) is 0 Å². The molecule has 1 aliphatic heterocycles. The van der Waals surface area contributed by atoms with Crippen LogP contribution in [-0.4, -0.2) is 33.8 Å². The van der Waals surface area contributed by atoms with E-state index in [-0.39, 0.29) is 11.9 Å². The number of ether oxygens (including phenoxy) is 4. The zero-order valence-corrected chi connectivity index (χ0v) is 15.4. The van der Waals surface area contributed by atoms with E-state index in [9.17, 15) is 4.79 Å². The third kappa shape index (κ3) is 3.40. The Morgan fingerprint density at radius 3 is 2.38 bits per heavy atom. The van der Waals surface area contributed by atoms with Gasteiger partial charge < -0.3 is 24.3 Å². The van der Waals surface area contributed by atoms with Gasteiger partial charge in [-0.05, 0) is 25.1 Å². The Morgan fingerprint density at radius 2 is 1.77 bits per heavy atom. The normalized spacial score (nSPS) is 15.5. The maximum Gasteiger partial charge on any atom is 0.252 e. The molecule has 6 nitrogen and oxygen atoms in total. The van der Waals surface area contributed by atoms with Crippen LogP contribution < -0.4 is 24.3 Å². The lowest BCUT2D eigenvalue weighted by Gasteiger charge is -2.27. The van der Waals surface area contributed by atoms with Gasteiger partial charge in [0.25, 0.3) is 5.91 Å². The molecule has 1 amide bonds. The first-order valence-electron chi connectivity index (χ1n) is 8.41. The summed E-state index contributed by atoms with van der Waals surface area (Å²) in [5.41, 5.74) is 2.57. The van der Waals surface area contributed by atoms with Crippen molar-refractivity contribution in [2.24, 2.45) is 0 Å². The second-order valence-electron chi connectivity index (χ2n) is 6.12. The van der Waals surface area contributed by atoms with E-state index in [1.165, 1.54) is 21.3 Å². The molecule has 138 valence electrons. The SMILES string of the molecule is COc1cc(C(=O)NC2CCOc3ccc(C)cc32)cc(OC)c1OC. The van der Waals surface area contributed by atoms with Crippen LogP contribution in [0.25, 0.3) is 0 Å². The van der Waals surface area contributed by atoms with Crippen LogP contribution in [0.5, 0.6) is 23.0 Å². The number of aryl methyl sites for hydroxylation is 1. The van der Waals surface area contributed by atoms with Gasteiger partial charge in [-0.2, -0.15) is 0 Å². The minimum absolute atomic E-state index is 0.106. The number of nitrogens with one attached hydrogen (secondary N) is 1. The molecule has 6 heteroatoms. The Hall–Kier alpha value is -2.89. The van der Waals surface area contributed by atoms with Gasteiger partial charge in [0.05, 0.1) is 34.0 Å². The summed E-state index contributed by atoms with van der Waals surface area (Å²) < 4.78 is 21.6. The van der Waals surface area contributed by atoms with Crippen LogP contribution in [0.3, 0.4) is 0 Å². The highest BCUT2D eigenvalue weighted by atomic mass is 16.5. The van der Waals surface area contributed by atoms with E-state index in [4.69, 9.17) is 18.9 Å². The van der Waals surface area contributed by atoms with E-state index in [0.717, 1.165) is 16.9 Å². The van der Waals surface area contributed by atoms with Gasteiger partial charge in [-0.25, -0.2) is 0 Å². The quantitative estimate of drug-likeness (QED) is 0.890. The molecule has 0 radical (unpaired) electrons. The average Bonchev–Trinajstić information content (AvgIpc) is 2.67. The largest absolute Gasteiger partial charge is 0.493 e. The molecule has 1 unspecified atom stereocenters. The smallest absolute Gasteiger partial charge is 0.252 e. The molecule has 2 aromatic rings. The molecular weight excluding hydrogens is 334 g/mol. The Labute approximate surface area is 153 Å². The summed E-state index contributed by atoms with van der Waals surface area (Å²) in [4.78, 5) is 12.8. The Kier molecular flexibility index (Phi) is 5.21. The molecule has 0 fully saturated rings. The van der Waals surface area contributed by atoms with Gasteiger partial charge in [-0.15, -0.1) is 0 Å². The molecule has 0 bridgehead atoms. The second kappa shape index (κ2) is 7.56. The van der Waals surface area contributed by atoms with E-state index in [1.807, 2.05) is 19.1 Å². The monoisotopic (exact) mass is 357 g/mol. The lowest BCUT2D eigenvalue weighted by molar-refractivity contribution is 0.0924. The van der Waals surface area contributed by atoms with Crippen LogP contribution >= 0.6 is 0 Å². The molecule has 0 aliphatic carbocycles. The van der Waals surface area contributed by atoms with E-state index < -0.39 is 0 Å². The number of carbonyl (C=O) groups excluding carboxylic acids is 1. The fraction of sp³-hybridized carbons (Fsp3) is 0.350. The number of carbonyl (C=O) groups is 1. The highest BCUT2D eigenvalue weighted by Gasteiger charge is 2.25. The maximum absolute atomic E-state index is 12.8. The van der Waals surface area contributed by atoms with Crippen molar-refractivity contribution in [1.29, 1.82) is 0 Å². The van der Waals surface area contributed by atoms with Crippen LogP contribution in [0, 0.1) is 6.92 Å². The molecule has 0 aromatic heterocycles. The number of benzene rings is 2. The molecule has 0 saturated carbocycles.